The highest BCUT2D eigenvalue weighted by molar-refractivity contribution is 5.81. The summed E-state index contributed by atoms with van der Waals surface area (Å²) in [4.78, 5) is 24.6. The summed E-state index contributed by atoms with van der Waals surface area (Å²) < 4.78 is 4.76. The fraction of sp³-hybridized carbons (Fsp3) is 0.429. The summed E-state index contributed by atoms with van der Waals surface area (Å²) >= 11 is 0. The van der Waals surface area contributed by atoms with Crippen LogP contribution >= 0.6 is 0 Å². The lowest BCUT2D eigenvalue weighted by molar-refractivity contribution is -0.142. The van der Waals surface area contributed by atoms with E-state index >= 15 is 0 Å². The summed E-state index contributed by atoms with van der Waals surface area (Å²) in [5.74, 6) is -0.783. The van der Waals surface area contributed by atoms with E-state index in [1.807, 2.05) is 24.3 Å². The molecule has 1 aromatic carbocycles. The average molecular weight is 261 g/mol. The number of ether oxygens (including phenoxy) is 1. The summed E-state index contributed by atoms with van der Waals surface area (Å²) in [6.45, 7) is 0. The van der Waals surface area contributed by atoms with Gasteiger partial charge in [-0.15, -0.1) is 0 Å². The van der Waals surface area contributed by atoms with Gasteiger partial charge in [-0.2, -0.15) is 0 Å². The van der Waals surface area contributed by atoms with Gasteiger partial charge in [0.15, 0.2) is 0 Å². The predicted molar refractivity (Wildman–Crippen MR) is 66.7 cm³/mol. The van der Waals surface area contributed by atoms with Crippen LogP contribution in [0.3, 0.4) is 0 Å². The van der Waals surface area contributed by atoms with Crippen molar-refractivity contribution in [3.05, 3.63) is 35.4 Å². The number of fused-ring (bicyclic) bond motifs is 3. The molecule has 0 aromatic heterocycles. The molecule has 1 aliphatic carbocycles. The third kappa shape index (κ3) is 1.69. The highest BCUT2D eigenvalue weighted by atomic mass is 16.5. The van der Waals surface area contributed by atoms with E-state index in [2.05, 4.69) is 0 Å². The van der Waals surface area contributed by atoms with Crippen molar-refractivity contribution in [2.75, 3.05) is 7.11 Å². The van der Waals surface area contributed by atoms with Crippen molar-refractivity contribution >= 4 is 12.1 Å². The number of rotatable bonds is 1. The molecule has 0 spiro atoms. The number of methoxy groups -OCH3 is 1. The van der Waals surface area contributed by atoms with E-state index in [9.17, 15) is 14.7 Å². The molecule has 19 heavy (non-hydrogen) atoms. The van der Waals surface area contributed by atoms with Crippen molar-refractivity contribution in [1.82, 2.24) is 4.90 Å². The fourth-order valence-electron chi connectivity index (χ4n) is 3.41. The molecule has 1 N–H and O–H groups in total. The summed E-state index contributed by atoms with van der Waals surface area (Å²) in [5.41, 5.74) is 2.26. The maximum Gasteiger partial charge on any atom is 0.410 e. The zero-order chi connectivity index (χ0) is 13.6. The van der Waals surface area contributed by atoms with E-state index in [-0.39, 0.29) is 12.0 Å². The van der Waals surface area contributed by atoms with Crippen LogP contribution in [0, 0.1) is 5.92 Å². The number of hydrogen-bond acceptors (Lipinski definition) is 3. The van der Waals surface area contributed by atoms with Crippen molar-refractivity contribution in [2.24, 2.45) is 5.92 Å². The molecule has 5 nitrogen and oxygen atoms in total. The first-order valence-corrected chi connectivity index (χ1v) is 6.30. The molecule has 1 amide bonds. The van der Waals surface area contributed by atoms with Crippen LogP contribution in [0.15, 0.2) is 24.3 Å². The SMILES string of the molecule is COC(=O)N1[C@@H]2c3ccccc3C[C@@H]2C[C@H]1C(=O)O. The fourth-order valence-corrected chi connectivity index (χ4v) is 3.41. The zero-order valence-electron chi connectivity index (χ0n) is 10.6. The van der Waals surface area contributed by atoms with Gasteiger partial charge in [-0.25, -0.2) is 9.59 Å². The minimum atomic E-state index is -0.961. The first-order chi connectivity index (χ1) is 9.13. The van der Waals surface area contributed by atoms with Gasteiger partial charge in [-0.1, -0.05) is 24.3 Å². The molecule has 1 heterocycles. The molecule has 1 saturated heterocycles. The maximum atomic E-state index is 11.9. The number of carboxylic acid groups (broad SMARTS) is 1. The molecule has 5 heteroatoms. The number of hydrogen-bond donors (Lipinski definition) is 1. The van der Waals surface area contributed by atoms with Crippen LogP contribution in [-0.2, 0) is 16.0 Å². The Morgan fingerprint density at radius 2 is 2.11 bits per heavy atom. The zero-order valence-corrected chi connectivity index (χ0v) is 10.6. The molecule has 100 valence electrons. The minimum Gasteiger partial charge on any atom is -0.480 e. The molecule has 3 atom stereocenters. The van der Waals surface area contributed by atoms with Gasteiger partial charge in [0.25, 0.3) is 0 Å². The van der Waals surface area contributed by atoms with Gasteiger partial charge in [-0.05, 0) is 29.9 Å². The second-order valence-corrected chi connectivity index (χ2v) is 5.07. The molecule has 0 bridgehead atoms. The first-order valence-electron chi connectivity index (χ1n) is 6.30. The Labute approximate surface area is 110 Å². The Bertz CT molecular complexity index is 542. The minimum absolute atomic E-state index is 0.162. The summed E-state index contributed by atoms with van der Waals surface area (Å²) in [5, 5.41) is 9.28. The van der Waals surface area contributed by atoms with Crippen molar-refractivity contribution < 1.29 is 19.4 Å². The van der Waals surface area contributed by atoms with Crippen LogP contribution in [0.4, 0.5) is 4.79 Å². The number of benzene rings is 1. The van der Waals surface area contributed by atoms with Crippen molar-refractivity contribution in [2.45, 2.75) is 24.9 Å². The Hall–Kier alpha value is -2.04. The number of nitrogens with zero attached hydrogens (tertiary/aromatic N) is 1. The molecule has 0 saturated carbocycles. The van der Waals surface area contributed by atoms with Crippen LogP contribution < -0.4 is 0 Å². The van der Waals surface area contributed by atoms with Gasteiger partial charge >= 0.3 is 12.1 Å². The highest BCUT2D eigenvalue weighted by Crippen LogP contribution is 2.49. The van der Waals surface area contributed by atoms with E-state index in [4.69, 9.17) is 4.74 Å². The number of likely N-dealkylation sites (tertiary alicyclic amines) is 1. The lowest BCUT2D eigenvalue weighted by Gasteiger charge is -2.26. The van der Waals surface area contributed by atoms with E-state index < -0.39 is 18.1 Å². The number of carbonyl (C=O) groups excluding carboxylic acids is 1. The molecule has 1 aromatic rings. The third-order valence-electron chi connectivity index (χ3n) is 4.13. The first kappa shape index (κ1) is 12.0. The summed E-state index contributed by atoms with van der Waals surface area (Å²) in [6.07, 6.45) is 0.763. The van der Waals surface area contributed by atoms with Gasteiger partial charge < -0.3 is 9.84 Å². The Kier molecular flexibility index (Phi) is 2.69. The quantitative estimate of drug-likeness (QED) is 0.837. The van der Waals surface area contributed by atoms with Crippen LogP contribution in [0.2, 0.25) is 0 Å². The predicted octanol–water partition coefficient (Wildman–Crippen LogP) is 1.83. The van der Waals surface area contributed by atoms with Gasteiger partial charge in [0.05, 0.1) is 13.2 Å². The van der Waals surface area contributed by atoms with E-state index in [1.165, 1.54) is 17.6 Å². The number of aliphatic carboxylic acids is 1. The molecular formula is C14H15NO4. The van der Waals surface area contributed by atoms with E-state index in [0.29, 0.717) is 6.42 Å². The summed E-state index contributed by atoms with van der Waals surface area (Å²) in [6, 6.07) is 6.96. The second kappa shape index (κ2) is 4.26. The van der Waals surface area contributed by atoms with Gasteiger partial charge in [0, 0.05) is 0 Å². The maximum absolute atomic E-state index is 11.9. The van der Waals surface area contributed by atoms with Crippen LogP contribution in [0.5, 0.6) is 0 Å². The van der Waals surface area contributed by atoms with E-state index in [1.54, 1.807) is 0 Å². The van der Waals surface area contributed by atoms with Crippen molar-refractivity contribution in [3.8, 4) is 0 Å². The van der Waals surface area contributed by atoms with Crippen LogP contribution in [0.25, 0.3) is 0 Å². The Morgan fingerprint density at radius 1 is 1.37 bits per heavy atom. The largest absolute Gasteiger partial charge is 0.480 e. The molecule has 1 aliphatic heterocycles. The van der Waals surface area contributed by atoms with E-state index in [0.717, 1.165) is 12.0 Å². The smallest absolute Gasteiger partial charge is 0.410 e. The van der Waals surface area contributed by atoms with Crippen molar-refractivity contribution in [3.63, 3.8) is 0 Å². The van der Waals surface area contributed by atoms with Gasteiger partial charge in [0.2, 0.25) is 0 Å². The lowest BCUT2D eigenvalue weighted by Crippen LogP contribution is -2.41. The average Bonchev–Trinajstić information content (AvgIpc) is 2.93. The normalized spacial score (nSPS) is 27.8. The lowest BCUT2D eigenvalue weighted by atomic mass is 10.0. The molecule has 0 radical (unpaired) electrons. The van der Waals surface area contributed by atoms with Crippen LogP contribution in [0.1, 0.15) is 23.6 Å². The monoisotopic (exact) mass is 261 g/mol. The Balaban J connectivity index is 2.02. The standard InChI is InChI=1S/C14H15NO4/c1-19-14(18)15-11(13(16)17)7-9-6-8-4-2-3-5-10(8)12(9)15/h2-5,9,11-12H,6-7H2,1H3,(H,16,17)/t9-,11+,12+/m1/s1. The number of carbonyl (C=O) groups is 2. The summed E-state index contributed by atoms with van der Waals surface area (Å²) in [7, 11) is 1.29. The number of carboxylic acids is 1. The third-order valence-corrected chi connectivity index (χ3v) is 4.13. The molecule has 0 unspecified atom stereocenters. The topological polar surface area (TPSA) is 66.8 Å². The molecular weight excluding hydrogens is 246 g/mol. The molecule has 3 rings (SSSR count). The molecule has 1 fully saturated rings. The van der Waals surface area contributed by atoms with Crippen LogP contribution in [-0.4, -0.2) is 35.2 Å². The van der Waals surface area contributed by atoms with Gasteiger partial charge in [0.1, 0.15) is 6.04 Å². The second-order valence-electron chi connectivity index (χ2n) is 5.07. The Morgan fingerprint density at radius 3 is 2.79 bits per heavy atom. The van der Waals surface area contributed by atoms with Gasteiger partial charge in [-0.3, -0.25) is 4.90 Å². The highest BCUT2D eigenvalue weighted by Gasteiger charge is 2.51. The van der Waals surface area contributed by atoms with Crippen molar-refractivity contribution in [1.29, 1.82) is 0 Å². The number of amides is 1. The molecule has 2 aliphatic rings.